The maximum atomic E-state index is 12.0. The summed E-state index contributed by atoms with van der Waals surface area (Å²) < 4.78 is 12.0. The molecular weight excluding hydrogens is 181 g/mol. The van der Waals surface area contributed by atoms with Gasteiger partial charge in [0.25, 0.3) is 0 Å². The summed E-state index contributed by atoms with van der Waals surface area (Å²) in [7, 11) is 1.82. The number of nitrogens with one attached hydrogen (secondary N) is 1. The topological polar surface area (TPSA) is 53.1 Å². The fraction of sp³-hybridized carbons (Fsp3) is 0.300. The van der Waals surface area contributed by atoms with E-state index in [0.29, 0.717) is 12.1 Å². The Bertz CT molecular complexity index is 308. The molecule has 0 aliphatic rings. The Morgan fingerprint density at radius 3 is 2.43 bits per heavy atom. The highest BCUT2D eigenvalue weighted by atomic mass is 19.1. The van der Waals surface area contributed by atoms with Gasteiger partial charge in [0.15, 0.2) is 0 Å². The summed E-state index contributed by atoms with van der Waals surface area (Å²) in [6.45, 7) is 0.00434. The molecule has 3 nitrogen and oxygen atoms in total. The van der Waals surface area contributed by atoms with Crippen LogP contribution in [-0.4, -0.2) is 26.1 Å². The molecule has 0 aliphatic carbocycles. The highest BCUT2D eigenvalue weighted by molar-refractivity contribution is 5.95. The van der Waals surface area contributed by atoms with Crippen molar-refractivity contribution in [3.8, 4) is 0 Å². The van der Waals surface area contributed by atoms with Crippen molar-refractivity contribution in [2.75, 3.05) is 25.2 Å². The molecule has 1 aromatic rings. The first kappa shape index (κ1) is 10.5. The van der Waals surface area contributed by atoms with Gasteiger partial charge >= 0.3 is 0 Å². The van der Waals surface area contributed by atoms with Gasteiger partial charge in [-0.1, -0.05) is 0 Å². The molecule has 76 valence electrons. The maximum Gasteiger partial charge on any atom is 0.122 e. The lowest BCUT2D eigenvalue weighted by molar-refractivity contribution is 0.497. The number of rotatable bonds is 4. The van der Waals surface area contributed by atoms with Crippen molar-refractivity contribution in [1.29, 1.82) is 5.41 Å². The monoisotopic (exact) mass is 195 g/mol. The van der Waals surface area contributed by atoms with E-state index in [-0.39, 0.29) is 12.5 Å². The zero-order valence-corrected chi connectivity index (χ0v) is 8.13. The molecule has 0 bridgehead atoms. The van der Waals surface area contributed by atoms with E-state index in [0.717, 1.165) is 5.69 Å². The smallest absolute Gasteiger partial charge is 0.122 e. The molecule has 1 aromatic carbocycles. The molecular formula is C10H14FN3. The van der Waals surface area contributed by atoms with Crippen molar-refractivity contribution in [1.82, 2.24) is 0 Å². The van der Waals surface area contributed by atoms with Crippen LogP contribution >= 0.6 is 0 Å². The SMILES string of the molecule is CN(CCF)c1ccc(C(=N)N)cc1. The summed E-state index contributed by atoms with van der Waals surface area (Å²) >= 11 is 0. The molecule has 0 aliphatic heterocycles. The van der Waals surface area contributed by atoms with E-state index in [1.165, 1.54) is 0 Å². The van der Waals surface area contributed by atoms with Gasteiger partial charge in [0.1, 0.15) is 12.5 Å². The van der Waals surface area contributed by atoms with Gasteiger partial charge in [-0.2, -0.15) is 0 Å². The second-order valence-electron chi connectivity index (χ2n) is 3.07. The Morgan fingerprint density at radius 1 is 1.43 bits per heavy atom. The number of amidine groups is 1. The lowest BCUT2D eigenvalue weighted by atomic mass is 10.2. The van der Waals surface area contributed by atoms with E-state index in [2.05, 4.69) is 0 Å². The first-order chi connectivity index (χ1) is 6.65. The Morgan fingerprint density at radius 2 is 2.00 bits per heavy atom. The first-order valence-electron chi connectivity index (χ1n) is 4.36. The summed E-state index contributed by atoms with van der Waals surface area (Å²) in [5.74, 6) is 0.0460. The number of benzene rings is 1. The Kier molecular flexibility index (Phi) is 3.45. The average molecular weight is 195 g/mol. The molecule has 3 N–H and O–H groups in total. The van der Waals surface area contributed by atoms with E-state index >= 15 is 0 Å². The number of nitrogen functional groups attached to an aromatic ring is 1. The average Bonchev–Trinajstić information content (AvgIpc) is 2.18. The number of hydrogen-bond acceptors (Lipinski definition) is 2. The molecule has 0 atom stereocenters. The Balaban J connectivity index is 2.77. The zero-order valence-electron chi connectivity index (χ0n) is 8.13. The zero-order chi connectivity index (χ0) is 10.6. The van der Waals surface area contributed by atoms with Gasteiger partial charge in [0.05, 0.1) is 0 Å². The molecule has 1 rings (SSSR count). The van der Waals surface area contributed by atoms with Crippen molar-refractivity contribution in [2.45, 2.75) is 0 Å². The highest BCUT2D eigenvalue weighted by Gasteiger charge is 2.01. The van der Waals surface area contributed by atoms with Gasteiger partial charge in [-0.25, -0.2) is 4.39 Å². The second-order valence-corrected chi connectivity index (χ2v) is 3.07. The van der Waals surface area contributed by atoms with Gasteiger partial charge < -0.3 is 10.6 Å². The van der Waals surface area contributed by atoms with E-state index in [4.69, 9.17) is 11.1 Å². The standard InChI is InChI=1S/C10H14FN3/c1-14(7-6-11)9-4-2-8(3-5-9)10(12)13/h2-5H,6-7H2,1H3,(H3,12,13). The van der Waals surface area contributed by atoms with Crippen LogP contribution in [0.15, 0.2) is 24.3 Å². The third-order valence-corrected chi connectivity index (χ3v) is 2.04. The van der Waals surface area contributed by atoms with Crippen LogP contribution in [0.5, 0.6) is 0 Å². The van der Waals surface area contributed by atoms with Crippen LogP contribution in [0.25, 0.3) is 0 Å². The number of halogens is 1. The van der Waals surface area contributed by atoms with Crippen molar-refractivity contribution in [2.24, 2.45) is 5.73 Å². The number of alkyl halides is 1. The molecule has 0 aromatic heterocycles. The minimum atomic E-state index is -0.370. The van der Waals surface area contributed by atoms with Crippen molar-refractivity contribution < 1.29 is 4.39 Å². The van der Waals surface area contributed by atoms with Gasteiger partial charge in [-0.05, 0) is 24.3 Å². The summed E-state index contributed by atoms with van der Waals surface area (Å²) in [5, 5.41) is 7.20. The quantitative estimate of drug-likeness (QED) is 0.563. The van der Waals surface area contributed by atoms with Gasteiger partial charge in [0, 0.05) is 24.8 Å². The molecule has 0 heterocycles. The van der Waals surface area contributed by atoms with E-state index < -0.39 is 0 Å². The minimum absolute atomic E-state index is 0.0460. The molecule has 0 saturated carbocycles. The first-order valence-corrected chi connectivity index (χ1v) is 4.36. The van der Waals surface area contributed by atoms with Gasteiger partial charge in [-0.3, -0.25) is 5.41 Å². The Labute approximate surface area is 82.8 Å². The number of anilines is 1. The van der Waals surface area contributed by atoms with Crippen molar-refractivity contribution in [3.63, 3.8) is 0 Å². The van der Waals surface area contributed by atoms with Crippen LogP contribution in [-0.2, 0) is 0 Å². The van der Waals surface area contributed by atoms with Gasteiger partial charge in [-0.15, -0.1) is 0 Å². The largest absolute Gasteiger partial charge is 0.384 e. The van der Waals surface area contributed by atoms with E-state index in [1.807, 2.05) is 24.1 Å². The fourth-order valence-corrected chi connectivity index (χ4v) is 1.15. The van der Waals surface area contributed by atoms with Crippen LogP contribution in [0.3, 0.4) is 0 Å². The third-order valence-electron chi connectivity index (χ3n) is 2.04. The predicted molar refractivity (Wildman–Crippen MR) is 56.7 cm³/mol. The van der Waals surface area contributed by atoms with Crippen LogP contribution in [0, 0.1) is 5.41 Å². The summed E-state index contributed by atoms with van der Waals surface area (Å²) in [4.78, 5) is 1.81. The summed E-state index contributed by atoms with van der Waals surface area (Å²) in [6, 6.07) is 7.16. The number of nitrogens with two attached hydrogens (primary N) is 1. The highest BCUT2D eigenvalue weighted by Crippen LogP contribution is 2.13. The fourth-order valence-electron chi connectivity index (χ4n) is 1.15. The number of nitrogens with zero attached hydrogens (tertiary/aromatic N) is 1. The summed E-state index contributed by atoms with van der Waals surface area (Å²) in [5.41, 5.74) is 6.91. The lowest BCUT2D eigenvalue weighted by Crippen LogP contribution is -2.20. The van der Waals surface area contributed by atoms with Crippen molar-refractivity contribution >= 4 is 11.5 Å². The molecule has 0 unspecified atom stereocenters. The molecule has 0 saturated heterocycles. The molecule has 14 heavy (non-hydrogen) atoms. The minimum Gasteiger partial charge on any atom is -0.384 e. The third kappa shape index (κ3) is 2.45. The molecule has 4 heteroatoms. The lowest BCUT2D eigenvalue weighted by Gasteiger charge is -2.17. The van der Waals surface area contributed by atoms with Crippen LogP contribution in [0.1, 0.15) is 5.56 Å². The normalized spacial score (nSPS) is 9.86. The van der Waals surface area contributed by atoms with E-state index in [9.17, 15) is 4.39 Å². The molecule has 0 spiro atoms. The van der Waals surface area contributed by atoms with Gasteiger partial charge in [0.2, 0.25) is 0 Å². The van der Waals surface area contributed by atoms with E-state index in [1.54, 1.807) is 12.1 Å². The molecule has 0 fully saturated rings. The summed E-state index contributed by atoms with van der Waals surface area (Å²) in [6.07, 6.45) is 0. The van der Waals surface area contributed by atoms with Crippen LogP contribution in [0.4, 0.5) is 10.1 Å². The van der Waals surface area contributed by atoms with Crippen LogP contribution in [0.2, 0.25) is 0 Å². The molecule has 0 radical (unpaired) electrons. The molecule has 0 amide bonds. The second kappa shape index (κ2) is 4.60. The maximum absolute atomic E-state index is 12.0. The van der Waals surface area contributed by atoms with Crippen molar-refractivity contribution in [3.05, 3.63) is 29.8 Å². The Hall–Kier alpha value is -1.58. The number of hydrogen-bond donors (Lipinski definition) is 2. The predicted octanol–water partition coefficient (Wildman–Crippen LogP) is 1.38. The van der Waals surface area contributed by atoms with Crippen LogP contribution < -0.4 is 10.6 Å².